The van der Waals surface area contributed by atoms with Gasteiger partial charge in [0, 0.05) is 12.0 Å². The summed E-state index contributed by atoms with van der Waals surface area (Å²) in [6.07, 6.45) is 1.15. The molecule has 4 nitrogen and oxygen atoms in total. The molecule has 0 aliphatic carbocycles. The number of hydrogen-bond donors (Lipinski definition) is 0. The van der Waals surface area contributed by atoms with E-state index in [9.17, 15) is 4.79 Å². The van der Waals surface area contributed by atoms with E-state index in [1.165, 1.54) is 0 Å². The molecule has 0 radical (unpaired) electrons. The summed E-state index contributed by atoms with van der Waals surface area (Å²) in [5.41, 5.74) is 1.78. The first kappa shape index (κ1) is 13.5. The largest absolute Gasteiger partial charge is 0.497 e. The van der Waals surface area contributed by atoms with Crippen molar-refractivity contribution in [2.24, 2.45) is 0 Å². The van der Waals surface area contributed by atoms with Gasteiger partial charge in [0.25, 0.3) is 0 Å². The lowest BCUT2D eigenvalue weighted by atomic mass is 10.0. The number of Topliss-reactive ketones (excluding diaryl/α,β-unsaturated/α-hetero) is 1. The van der Waals surface area contributed by atoms with Crippen LogP contribution in [0.2, 0.25) is 0 Å². The van der Waals surface area contributed by atoms with Gasteiger partial charge in [-0.3, -0.25) is 4.79 Å². The molecule has 0 fully saturated rings. The Labute approximate surface area is 123 Å². The summed E-state index contributed by atoms with van der Waals surface area (Å²) in [6.45, 7) is 0.267. The molecule has 1 aliphatic rings. The highest BCUT2D eigenvalue weighted by Crippen LogP contribution is 2.32. The van der Waals surface area contributed by atoms with E-state index in [-0.39, 0.29) is 12.6 Å². The number of aryl methyl sites for hydroxylation is 1. The molecule has 4 heteroatoms. The van der Waals surface area contributed by atoms with Crippen LogP contribution < -0.4 is 14.2 Å². The first-order valence-corrected chi connectivity index (χ1v) is 6.82. The van der Waals surface area contributed by atoms with E-state index in [0.717, 1.165) is 22.8 Å². The van der Waals surface area contributed by atoms with Crippen molar-refractivity contribution in [3.05, 3.63) is 53.6 Å². The lowest BCUT2D eigenvalue weighted by molar-refractivity contribution is 0.0982. The number of carbonyl (C=O) groups excluding carboxylic acids is 1. The Kier molecular flexibility index (Phi) is 3.77. The second-order valence-electron chi connectivity index (χ2n) is 4.84. The van der Waals surface area contributed by atoms with Crippen LogP contribution in [0.25, 0.3) is 0 Å². The third-order valence-electron chi connectivity index (χ3n) is 3.49. The molecule has 3 rings (SSSR count). The van der Waals surface area contributed by atoms with Gasteiger partial charge in [-0.15, -0.1) is 0 Å². The molecule has 1 heterocycles. The van der Waals surface area contributed by atoms with Crippen LogP contribution in [0, 0.1) is 0 Å². The van der Waals surface area contributed by atoms with Crippen molar-refractivity contribution in [3.63, 3.8) is 0 Å². The molecule has 21 heavy (non-hydrogen) atoms. The SMILES string of the molecule is COc1ccc(C(=O)CCc2ccc3c(c2)OCO3)cc1. The Morgan fingerprint density at radius 3 is 2.62 bits per heavy atom. The zero-order valence-electron chi connectivity index (χ0n) is 11.8. The maximum absolute atomic E-state index is 12.2. The van der Waals surface area contributed by atoms with Gasteiger partial charge in [-0.1, -0.05) is 6.07 Å². The standard InChI is InChI=1S/C17H16O4/c1-19-14-6-4-13(5-7-14)15(18)8-2-12-3-9-16-17(10-12)21-11-20-16/h3-7,9-10H,2,8,11H2,1H3. The Morgan fingerprint density at radius 1 is 1.10 bits per heavy atom. The van der Waals surface area contributed by atoms with Gasteiger partial charge in [0.2, 0.25) is 6.79 Å². The van der Waals surface area contributed by atoms with Crippen LogP contribution in [-0.4, -0.2) is 19.7 Å². The number of carbonyl (C=O) groups is 1. The summed E-state index contributed by atoms with van der Waals surface area (Å²) in [4.78, 5) is 12.2. The summed E-state index contributed by atoms with van der Waals surface area (Å²) in [5, 5.41) is 0. The van der Waals surface area contributed by atoms with Crippen molar-refractivity contribution in [3.8, 4) is 17.2 Å². The molecule has 1 aliphatic heterocycles. The second-order valence-corrected chi connectivity index (χ2v) is 4.84. The predicted molar refractivity (Wildman–Crippen MR) is 78.2 cm³/mol. The van der Waals surface area contributed by atoms with E-state index in [2.05, 4.69) is 0 Å². The van der Waals surface area contributed by atoms with Crippen molar-refractivity contribution in [2.75, 3.05) is 13.9 Å². The number of methoxy groups -OCH3 is 1. The van der Waals surface area contributed by atoms with E-state index in [1.807, 2.05) is 18.2 Å². The predicted octanol–water partition coefficient (Wildman–Crippen LogP) is 3.24. The van der Waals surface area contributed by atoms with E-state index in [4.69, 9.17) is 14.2 Å². The summed E-state index contributed by atoms with van der Waals surface area (Å²) in [6, 6.07) is 13.0. The van der Waals surface area contributed by atoms with Crippen LogP contribution in [0.4, 0.5) is 0 Å². The molecule has 0 N–H and O–H groups in total. The minimum absolute atomic E-state index is 0.121. The minimum atomic E-state index is 0.121. The molecule has 0 spiro atoms. The van der Waals surface area contributed by atoms with Gasteiger partial charge < -0.3 is 14.2 Å². The molecule has 0 saturated carbocycles. The molecule has 0 saturated heterocycles. The highest BCUT2D eigenvalue weighted by atomic mass is 16.7. The van der Waals surface area contributed by atoms with E-state index in [0.29, 0.717) is 18.4 Å². The van der Waals surface area contributed by atoms with Crippen molar-refractivity contribution in [2.45, 2.75) is 12.8 Å². The van der Waals surface area contributed by atoms with E-state index in [1.54, 1.807) is 31.4 Å². The maximum atomic E-state index is 12.2. The van der Waals surface area contributed by atoms with Crippen LogP contribution >= 0.6 is 0 Å². The monoisotopic (exact) mass is 284 g/mol. The van der Waals surface area contributed by atoms with Crippen molar-refractivity contribution < 1.29 is 19.0 Å². The third-order valence-corrected chi connectivity index (χ3v) is 3.49. The summed E-state index contributed by atoms with van der Waals surface area (Å²) in [5.74, 6) is 2.39. The second kappa shape index (κ2) is 5.87. The highest BCUT2D eigenvalue weighted by Gasteiger charge is 2.14. The number of fused-ring (bicyclic) bond motifs is 1. The van der Waals surface area contributed by atoms with E-state index < -0.39 is 0 Å². The first-order valence-electron chi connectivity index (χ1n) is 6.82. The van der Waals surface area contributed by atoms with Crippen molar-refractivity contribution in [1.29, 1.82) is 0 Å². The molecule has 0 atom stereocenters. The van der Waals surface area contributed by atoms with Gasteiger partial charge in [-0.05, 0) is 48.4 Å². The van der Waals surface area contributed by atoms with Gasteiger partial charge >= 0.3 is 0 Å². The summed E-state index contributed by atoms with van der Waals surface area (Å²) < 4.78 is 15.7. The van der Waals surface area contributed by atoms with Crippen molar-refractivity contribution in [1.82, 2.24) is 0 Å². The lowest BCUT2D eigenvalue weighted by Gasteiger charge is -2.04. The maximum Gasteiger partial charge on any atom is 0.231 e. The Hall–Kier alpha value is -2.49. The van der Waals surface area contributed by atoms with Gasteiger partial charge in [-0.2, -0.15) is 0 Å². The molecular weight excluding hydrogens is 268 g/mol. The van der Waals surface area contributed by atoms with Gasteiger partial charge in [0.15, 0.2) is 17.3 Å². The van der Waals surface area contributed by atoms with Crippen LogP contribution in [0.1, 0.15) is 22.3 Å². The fourth-order valence-corrected chi connectivity index (χ4v) is 2.28. The first-order chi connectivity index (χ1) is 10.3. The molecule has 0 bridgehead atoms. The average Bonchev–Trinajstić information content (AvgIpc) is 3.00. The van der Waals surface area contributed by atoms with Gasteiger partial charge in [0.05, 0.1) is 7.11 Å². The number of ketones is 1. The number of benzene rings is 2. The normalized spacial score (nSPS) is 12.2. The molecule has 0 aromatic heterocycles. The third kappa shape index (κ3) is 2.99. The molecule has 108 valence electrons. The molecule has 2 aromatic carbocycles. The molecule has 0 unspecified atom stereocenters. The Morgan fingerprint density at radius 2 is 1.86 bits per heavy atom. The van der Waals surface area contributed by atoms with Gasteiger partial charge in [0.1, 0.15) is 5.75 Å². The lowest BCUT2D eigenvalue weighted by Crippen LogP contribution is -2.01. The average molecular weight is 284 g/mol. The van der Waals surface area contributed by atoms with E-state index >= 15 is 0 Å². The van der Waals surface area contributed by atoms with Crippen LogP contribution in [0.3, 0.4) is 0 Å². The van der Waals surface area contributed by atoms with Crippen molar-refractivity contribution >= 4 is 5.78 Å². The molecule has 2 aromatic rings. The fraction of sp³-hybridized carbons (Fsp3) is 0.235. The number of ether oxygens (including phenoxy) is 3. The Balaban J connectivity index is 1.62. The molecule has 0 amide bonds. The van der Waals surface area contributed by atoms with Crippen LogP contribution in [-0.2, 0) is 6.42 Å². The van der Waals surface area contributed by atoms with Crippen LogP contribution in [0.5, 0.6) is 17.2 Å². The quantitative estimate of drug-likeness (QED) is 0.791. The molecular formula is C17H16O4. The Bertz CT molecular complexity index is 646. The fourth-order valence-electron chi connectivity index (χ4n) is 2.28. The smallest absolute Gasteiger partial charge is 0.231 e. The highest BCUT2D eigenvalue weighted by molar-refractivity contribution is 5.96. The van der Waals surface area contributed by atoms with Crippen LogP contribution in [0.15, 0.2) is 42.5 Å². The number of rotatable bonds is 5. The minimum Gasteiger partial charge on any atom is -0.497 e. The zero-order chi connectivity index (χ0) is 14.7. The zero-order valence-corrected chi connectivity index (χ0v) is 11.8. The van der Waals surface area contributed by atoms with Gasteiger partial charge in [-0.25, -0.2) is 0 Å². The summed E-state index contributed by atoms with van der Waals surface area (Å²) >= 11 is 0. The number of hydrogen-bond acceptors (Lipinski definition) is 4. The topological polar surface area (TPSA) is 44.8 Å². The summed E-state index contributed by atoms with van der Waals surface area (Å²) in [7, 11) is 1.61.